The molecule has 1 aromatic rings. The van der Waals surface area contributed by atoms with Gasteiger partial charge < -0.3 is 17.2 Å². The molecule has 0 saturated heterocycles. The molecule has 0 aromatic heterocycles. The molecule has 0 aliphatic heterocycles. The van der Waals surface area contributed by atoms with Crippen LogP contribution in [0.25, 0.3) is 0 Å². The van der Waals surface area contributed by atoms with Gasteiger partial charge >= 0.3 is 23.1 Å². The van der Waals surface area contributed by atoms with Crippen molar-refractivity contribution < 1.29 is 17.2 Å². The molecule has 1 nitrogen and oxygen atoms in total. The first-order valence-corrected chi connectivity index (χ1v) is 3.91. The van der Waals surface area contributed by atoms with Crippen LogP contribution in [0.2, 0.25) is 0 Å². The molecule has 3 heteroatoms. The molecule has 0 fully saturated rings. The maximum Gasteiger partial charge on any atom is 2.00 e. The summed E-state index contributed by atoms with van der Waals surface area (Å²) in [6.07, 6.45) is 2.72. The third-order valence-electron chi connectivity index (χ3n) is 2.07. The number of rotatable bonds is 0. The zero-order chi connectivity index (χ0) is 7.68. The summed E-state index contributed by atoms with van der Waals surface area (Å²) in [5, 5.41) is 0. The molecule has 1 aliphatic carbocycles. The van der Waals surface area contributed by atoms with Crippen molar-refractivity contribution in [2.75, 3.05) is 0 Å². The van der Waals surface area contributed by atoms with Crippen LogP contribution in [0.1, 0.15) is 28.8 Å². The second-order valence-corrected chi connectivity index (χ2v) is 2.84. The Morgan fingerprint density at radius 2 is 2.08 bits per heavy atom. The number of hydrogen-bond acceptors (Lipinski definition) is 1. The van der Waals surface area contributed by atoms with Crippen molar-refractivity contribution in [3.63, 3.8) is 0 Å². The van der Waals surface area contributed by atoms with Gasteiger partial charge in [-0.25, -0.2) is 0 Å². The zero-order valence-electron chi connectivity index (χ0n) is 7.35. The number of fused-ring (bicyclic) bond motifs is 1. The third-order valence-corrected chi connectivity index (χ3v) is 2.07. The smallest absolute Gasteiger partial charge is 1.00 e. The number of ketones is 1. The fourth-order valence-corrected chi connectivity index (χ4v) is 1.50. The van der Waals surface area contributed by atoms with Gasteiger partial charge in [-0.2, -0.15) is 29.8 Å². The van der Waals surface area contributed by atoms with Gasteiger partial charge in [-0.3, -0.25) is 0 Å². The molecular formula is C10H9ClMgO. The predicted octanol–water partition coefficient (Wildman–Crippen LogP) is -1.37. The van der Waals surface area contributed by atoms with E-state index in [4.69, 9.17) is 0 Å². The summed E-state index contributed by atoms with van der Waals surface area (Å²) >= 11 is 0. The van der Waals surface area contributed by atoms with E-state index in [1.165, 1.54) is 0 Å². The van der Waals surface area contributed by atoms with Gasteiger partial charge in [-0.05, 0) is 19.3 Å². The van der Waals surface area contributed by atoms with Crippen LogP contribution in [-0.2, 0) is 6.42 Å². The minimum absolute atomic E-state index is 0. The molecular weight excluding hydrogens is 196 g/mol. The summed E-state index contributed by atoms with van der Waals surface area (Å²) in [4.78, 5) is 11.3. The number of carbonyl (C=O) groups excluding carboxylic acids is 1. The van der Waals surface area contributed by atoms with Crippen molar-refractivity contribution in [3.05, 3.63) is 35.4 Å². The van der Waals surface area contributed by atoms with E-state index in [0.29, 0.717) is 6.42 Å². The standard InChI is InChI=1S/C10H9O.ClH.Mg/c11-10-7-3-5-8-4-1-2-6-9(8)10;;/h1-2,6H,3,5,7H2;1H;/q-1;;+2/p-1. The van der Waals surface area contributed by atoms with E-state index in [1.807, 2.05) is 18.2 Å². The van der Waals surface area contributed by atoms with Gasteiger partial charge in [0.15, 0.2) is 0 Å². The van der Waals surface area contributed by atoms with Crippen LogP contribution >= 0.6 is 0 Å². The van der Waals surface area contributed by atoms with Crippen LogP contribution in [0.15, 0.2) is 18.2 Å². The van der Waals surface area contributed by atoms with E-state index in [2.05, 4.69) is 6.07 Å². The average Bonchev–Trinajstić information content (AvgIpc) is 2.06. The Labute approximate surface area is 100 Å². The largest absolute Gasteiger partial charge is 2.00 e. The second kappa shape index (κ2) is 5.63. The first kappa shape index (κ1) is 12.9. The summed E-state index contributed by atoms with van der Waals surface area (Å²) in [7, 11) is 0. The second-order valence-electron chi connectivity index (χ2n) is 2.84. The predicted molar refractivity (Wildman–Crippen MR) is 48.3 cm³/mol. The van der Waals surface area contributed by atoms with E-state index < -0.39 is 0 Å². The first-order chi connectivity index (χ1) is 5.38. The van der Waals surface area contributed by atoms with Crippen LogP contribution in [0.3, 0.4) is 0 Å². The fraction of sp³-hybridized carbons (Fsp3) is 0.300. The number of carbonyl (C=O) groups is 1. The van der Waals surface area contributed by atoms with Crippen LogP contribution in [0, 0.1) is 6.07 Å². The normalized spacial score (nSPS) is 13.7. The molecule has 0 heterocycles. The summed E-state index contributed by atoms with van der Waals surface area (Å²) < 4.78 is 0. The van der Waals surface area contributed by atoms with Crippen molar-refractivity contribution in [1.82, 2.24) is 0 Å². The Balaban J connectivity index is 0.000000720. The van der Waals surface area contributed by atoms with Gasteiger partial charge in [-0.15, -0.1) is 0 Å². The Morgan fingerprint density at radius 3 is 2.77 bits per heavy atom. The number of Topliss-reactive ketones (excluding diaryl/α,β-unsaturated/α-hetero) is 1. The molecule has 1 aliphatic rings. The van der Waals surface area contributed by atoms with Gasteiger partial charge in [0.05, 0.1) is 0 Å². The Bertz CT molecular complexity index is 299. The van der Waals surface area contributed by atoms with Crippen LogP contribution < -0.4 is 12.4 Å². The molecule has 0 radical (unpaired) electrons. The van der Waals surface area contributed by atoms with E-state index in [-0.39, 0.29) is 41.2 Å². The Kier molecular flexibility index (Phi) is 5.61. The van der Waals surface area contributed by atoms with Crippen molar-refractivity contribution in [2.45, 2.75) is 19.3 Å². The Hall–Kier alpha value is -0.0538. The molecule has 1 aromatic carbocycles. The molecule has 0 atom stereocenters. The van der Waals surface area contributed by atoms with E-state index >= 15 is 0 Å². The van der Waals surface area contributed by atoms with Gasteiger partial charge in [0.25, 0.3) is 0 Å². The van der Waals surface area contributed by atoms with Gasteiger partial charge in [0, 0.05) is 0 Å². The maximum absolute atomic E-state index is 11.3. The molecule has 0 bridgehead atoms. The van der Waals surface area contributed by atoms with E-state index in [1.54, 1.807) is 0 Å². The third kappa shape index (κ3) is 2.69. The monoisotopic (exact) mass is 204 g/mol. The zero-order valence-corrected chi connectivity index (χ0v) is 9.52. The summed E-state index contributed by atoms with van der Waals surface area (Å²) in [6.45, 7) is 0. The number of hydrogen-bond donors (Lipinski definition) is 0. The van der Waals surface area contributed by atoms with Crippen LogP contribution in [-0.4, -0.2) is 28.8 Å². The number of halogens is 1. The van der Waals surface area contributed by atoms with E-state index in [0.717, 1.165) is 24.0 Å². The summed E-state index contributed by atoms with van der Waals surface area (Å²) in [5.74, 6) is 0.281. The summed E-state index contributed by atoms with van der Waals surface area (Å²) in [5.41, 5.74) is 1.99. The van der Waals surface area contributed by atoms with E-state index in [9.17, 15) is 4.79 Å². The SMILES string of the molecule is O=C1CCCc2[c-]cccc21.[Cl-].[Mg+2]. The topological polar surface area (TPSA) is 17.1 Å². The van der Waals surface area contributed by atoms with Crippen molar-refractivity contribution in [2.24, 2.45) is 0 Å². The quantitative estimate of drug-likeness (QED) is 0.377. The molecule has 0 spiro atoms. The minimum atomic E-state index is 0. The van der Waals surface area contributed by atoms with Gasteiger partial charge in [0.1, 0.15) is 5.78 Å². The van der Waals surface area contributed by atoms with Crippen molar-refractivity contribution >= 4 is 28.8 Å². The Morgan fingerprint density at radius 1 is 1.31 bits per heavy atom. The fourth-order valence-electron chi connectivity index (χ4n) is 1.50. The molecule has 13 heavy (non-hydrogen) atoms. The molecule has 0 saturated carbocycles. The van der Waals surface area contributed by atoms with Gasteiger partial charge in [0.2, 0.25) is 0 Å². The average molecular weight is 205 g/mol. The van der Waals surface area contributed by atoms with Crippen molar-refractivity contribution in [1.29, 1.82) is 0 Å². The van der Waals surface area contributed by atoms with Crippen LogP contribution in [0.5, 0.6) is 0 Å². The molecule has 0 unspecified atom stereocenters. The first-order valence-electron chi connectivity index (χ1n) is 3.91. The number of benzene rings is 1. The molecule has 0 amide bonds. The van der Waals surface area contributed by atoms with Crippen molar-refractivity contribution in [3.8, 4) is 0 Å². The summed E-state index contributed by atoms with van der Waals surface area (Å²) in [6, 6.07) is 8.74. The van der Waals surface area contributed by atoms with Gasteiger partial charge in [-0.1, -0.05) is 5.56 Å². The molecule has 2 rings (SSSR count). The van der Waals surface area contributed by atoms with Crippen LogP contribution in [0.4, 0.5) is 0 Å². The molecule has 0 N–H and O–H groups in total. The maximum atomic E-state index is 11.3. The number of aryl methyl sites for hydroxylation is 1. The molecule has 64 valence electrons. The minimum Gasteiger partial charge on any atom is -1.00 e.